The maximum Gasteiger partial charge on any atom is 0.347 e. The first-order valence-corrected chi connectivity index (χ1v) is 7.93. The summed E-state index contributed by atoms with van der Waals surface area (Å²) >= 11 is 0. The number of nitrogens with one attached hydrogen (secondary N) is 1. The number of carbonyl (C=O) groups excluding carboxylic acids is 2. The maximum atomic E-state index is 11.9. The second kappa shape index (κ2) is 7.67. The quantitative estimate of drug-likeness (QED) is 0.755. The highest BCUT2D eigenvalue weighted by molar-refractivity contribution is 5.82. The molecule has 0 radical (unpaired) electrons. The summed E-state index contributed by atoms with van der Waals surface area (Å²) in [6.07, 6.45) is 0.894. The summed E-state index contributed by atoms with van der Waals surface area (Å²) < 4.78 is 10.3. The van der Waals surface area contributed by atoms with Gasteiger partial charge in [-0.3, -0.25) is 4.79 Å². The second-order valence-electron chi connectivity index (χ2n) is 6.14. The maximum absolute atomic E-state index is 11.9. The molecular weight excluding hydrogens is 322 g/mol. The first-order valence-electron chi connectivity index (χ1n) is 7.93. The number of esters is 1. The van der Waals surface area contributed by atoms with Crippen LogP contribution in [0.4, 0.5) is 0 Å². The predicted molar refractivity (Wildman–Crippen MR) is 87.1 cm³/mol. The zero-order chi connectivity index (χ0) is 18.4. The third-order valence-electron chi connectivity index (χ3n) is 4.00. The van der Waals surface area contributed by atoms with Crippen molar-refractivity contribution in [2.75, 3.05) is 6.61 Å². The molecule has 130 valence electrons. The Morgan fingerprint density at radius 1 is 1.32 bits per heavy atom. The molecule has 1 aromatic carbocycles. The van der Waals surface area contributed by atoms with E-state index in [-0.39, 0.29) is 5.92 Å². The number of hydrogen-bond acceptors (Lipinski definition) is 6. The molecule has 0 heterocycles. The zero-order valence-electron chi connectivity index (χ0n) is 14.1. The van der Waals surface area contributed by atoms with Crippen LogP contribution in [0.3, 0.4) is 0 Å². The van der Waals surface area contributed by atoms with E-state index in [0.717, 1.165) is 12.8 Å². The number of benzene rings is 1. The van der Waals surface area contributed by atoms with Gasteiger partial charge in [0.25, 0.3) is 5.91 Å². The smallest absolute Gasteiger partial charge is 0.347 e. The van der Waals surface area contributed by atoms with E-state index in [4.69, 9.17) is 14.7 Å². The molecule has 2 atom stereocenters. The molecular formula is C18H19N3O4. The molecule has 1 fully saturated rings. The zero-order valence-corrected chi connectivity index (χ0v) is 14.1. The topological polar surface area (TPSA) is 112 Å². The Hall–Kier alpha value is -3.06. The number of hydrogen-bond donors (Lipinski definition) is 1. The molecule has 0 bridgehead atoms. The van der Waals surface area contributed by atoms with Crippen molar-refractivity contribution in [3.8, 4) is 17.9 Å². The first-order chi connectivity index (χ1) is 11.9. The number of ether oxygens (including phenoxy) is 2. The van der Waals surface area contributed by atoms with E-state index in [0.29, 0.717) is 11.3 Å². The summed E-state index contributed by atoms with van der Waals surface area (Å²) in [7, 11) is 0. The Labute approximate surface area is 146 Å². The van der Waals surface area contributed by atoms with Gasteiger partial charge in [-0.1, -0.05) is 0 Å². The molecule has 7 nitrogen and oxygen atoms in total. The Morgan fingerprint density at radius 2 is 1.96 bits per heavy atom. The molecule has 25 heavy (non-hydrogen) atoms. The molecule has 1 aromatic rings. The molecule has 0 spiro atoms. The molecule has 0 aliphatic heterocycles. The summed E-state index contributed by atoms with van der Waals surface area (Å²) in [4.78, 5) is 23.8. The van der Waals surface area contributed by atoms with Crippen molar-refractivity contribution in [1.82, 2.24) is 5.32 Å². The second-order valence-corrected chi connectivity index (χ2v) is 6.14. The molecule has 1 amide bonds. The van der Waals surface area contributed by atoms with E-state index in [1.165, 1.54) is 6.92 Å². The minimum atomic E-state index is -0.923. The lowest BCUT2D eigenvalue weighted by atomic mass is 9.98. The largest absolute Gasteiger partial charge is 0.479 e. The Kier molecular flexibility index (Phi) is 5.61. The summed E-state index contributed by atoms with van der Waals surface area (Å²) in [5.41, 5.74) is -0.441. The molecule has 0 unspecified atom stereocenters. The van der Waals surface area contributed by atoms with Crippen LogP contribution >= 0.6 is 0 Å². The normalized spacial score (nSPS) is 16.5. The van der Waals surface area contributed by atoms with E-state index >= 15 is 0 Å². The highest BCUT2D eigenvalue weighted by atomic mass is 16.6. The summed E-state index contributed by atoms with van der Waals surface area (Å²) in [6, 6.07) is 10.4. The van der Waals surface area contributed by atoms with Crippen LogP contribution in [0, 0.1) is 28.6 Å². The van der Waals surface area contributed by atoms with E-state index < -0.39 is 30.1 Å². The van der Waals surface area contributed by atoms with Crippen LogP contribution < -0.4 is 10.1 Å². The van der Waals surface area contributed by atoms with Crippen molar-refractivity contribution in [3.63, 3.8) is 0 Å². The highest BCUT2D eigenvalue weighted by Crippen LogP contribution is 2.39. The van der Waals surface area contributed by atoms with Gasteiger partial charge in [-0.05, 0) is 56.9 Å². The molecule has 1 aliphatic rings. The number of amides is 1. The van der Waals surface area contributed by atoms with E-state index in [9.17, 15) is 14.9 Å². The van der Waals surface area contributed by atoms with Gasteiger partial charge >= 0.3 is 5.97 Å². The fourth-order valence-electron chi connectivity index (χ4n) is 2.32. The molecule has 0 aromatic heterocycles. The summed E-state index contributed by atoms with van der Waals surface area (Å²) in [6.45, 7) is 2.70. The highest BCUT2D eigenvalue weighted by Gasteiger charge is 2.43. The lowest BCUT2D eigenvalue weighted by Gasteiger charge is -2.22. The van der Waals surface area contributed by atoms with Crippen LogP contribution in [0.2, 0.25) is 0 Å². The van der Waals surface area contributed by atoms with Crippen LogP contribution in [0.5, 0.6) is 5.75 Å². The van der Waals surface area contributed by atoms with Crippen LogP contribution in [-0.4, -0.2) is 30.1 Å². The fraction of sp³-hybridized carbons (Fsp3) is 0.444. The van der Waals surface area contributed by atoms with Gasteiger partial charge in [-0.25, -0.2) is 4.79 Å². The van der Waals surface area contributed by atoms with Gasteiger partial charge in [0.05, 0.1) is 17.7 Å². The molecule has 1 saturated carbocycles. The third-order valence-corrected chi connectivity index (χ3v) is 4.00. The minimum Gasteiger partial charge on any atom is -0.479 e. The Bertz CT molecular complexity index is 728. The van der Waals surface area contributed by atoms with E-state index in [1.807, 2.05) is 6.07 Å². The lowest BCUT2D eigenvalue weighted by Crippen LogP contribution is -2.48. The van der Waals surface area contributed by atoms with Crippen molar-refractivity contribution < 1.29 is 19.1 Å². The van der Waals surface area contributed by atoms with Gasteiger partial charge in [0.1, 0.15) is 11.3 Å². The minimum absolute atomic E-state index is 0.149. The molecule has 0 saturated heterocycles. The van der Waals surface area contributed by atoms with Crippen molar-refractivity contribution in [2.45, 2.75) is 38.3 Å². The van der Waals surface area contributed by atoms with E-state index in [2.05, 4.69) is 11.4 Å². The van der Waals surface area contributed by atoms with Crippen molar-refractivity contribution in [2.24, 2.45) is 5.92 Å². The average molecular weight is 341 g/mol. The van der Waals surface area contributed by atoms with E-state index in [1.54, 1.807) is 31.2 Å². The average Bonchev–Trinajstić information content (AvgIpc) is 3.45. The third kappa shape index (κ3) is 4.95. The van der Waals surface area contributed by atoms with Crippen LogP contribution in [0.1, 0.15) is 32.3 Å². The van der Waals surface area contributed by atoms with Crippen LogP contribution in [0.15, 0.2) is 24.3 Å². The van der Waals surface area contributed by atoms with Gasteiger partial charge in [0.15, 0.2) is 12.7 Å². The Morgan fingerprint density at radius 3 is 2.48 bits per heavy atom. The van der Waals surface area contributed by atoms with Gasteiger partial charge in [0, 0.05) is 0 Å². The van der Waals surface area contributed by atoms with Gasteiger partial charge in [-0.2, -0.15) is 10.5 Å². The number of nitrogens with zero attached hydrogens (tertiary/aromatic N) is 2. The summed E-state index contributed by atoms with van der Waals surface area (Å²) in [5, 5.41) is 20.5. The fourth-order valence-corrected chi connectivity index (χ4v) is 2.32. The molecule has 1 aliphatic carbocycles. The van der Waals surface area contributed by atoms with Crippen LogP contribution in [-0.2, 0) is 14.3 Å². The summed E-state index contributed by atoms with van der Waals surface area (Å²) in [5.74, 6) is -0.644. The predicted octanol–water partition coefficient (Wildman–Crippen LogP) is 1.68. The van der Waals surface area contributed by atoms with Crippen molar-refractivity contribution >= 4 is 11.9 Å². The van der Waals surface area contributed by atoms with Crippen LogP contribution in [0.25, 0.3) is 0 Å². The monoisotopic (exact) mass is 341 g/mol. The standard InChI is InChI=1S/C18H19N3O4/c1-12(25-15-7-3-13(9-19)4-8-15)17(23)24-10-16(22)21-18(2,11-20)14-5-6-14/h3-4,7-8,12,14H,5-6,10H2,1-2H3,(H,21,22)/t12-,18+/m1/s1. The molecule has 7 heteroatoms. The number of nitriles is 2. The lowest BCUT2D eigenvalue weighted by molar-refractivity contribution is -0.155. The SMILES string of the molecule is C[C@@H](Oc1ccc(C#N)cc1)C(=O)OCC(=O)N[C@@](C)(C#N)C1CC1. The number of carbonyl (C=O) groups is 2. The molecule has 1 N–H and O–H groups in total. The Balaban J connectivity index is 1.79. The van der Waals surface area contributed by atoms with Gasteiger partial charge in [0.2, 0.25) is 0 Å². The van der Waals surface area contributed by atoms with Crippen molar-refractivity contribution in [1.29, 1.82) is 10.5 Å². The molecule has 2 rings (SSSR count). The first kappa shape index (κ1) is 18.3. The van der Waals surface area contributed by atoms with Gasteiger partial charge < -0.3 is 14.8 Å². The van der Waals surface area contributed by atoms with Gasteiger partial charge in [-0.15, -0.1) is 0 Å². The number of rotatable bonds is 7. The van der Waals surface area contributed by atoms with Crippen molar-refractivity contribution in [3.05, 3.63) is 29.8 Å².